The Bertz CT molecular complexity index is 2150. The average Bonchev–Trinajstić information content (AvgIpc) is 3.48. The zero-order chi connectivity index (χ0) is 31.8. The highest BCUT2D eigenvalue weighted by Gasteiger charge is 2.32. The molecule has 3 heterocycles. The fourth-order valence-electron chi connectivity index (χ4n) is 5.66. The van der Waals surface area contributed by atoms with E-state index >= 15 is 0 Å². The molecule has 0 saturated heterocycles. The van der Waals surface area contributed by atoms with E-state index in [-0.39, 0.29) is 11.5 Å². The van der Waals surface area contributed by atoms with Crippen LogP contribution >= 0.6 is 34.5 Å². The summed E-state index contributed by atoms with van der Waals surface area (Å²) in [6.07, 6.45) is 1.89. The molecule has 0 bridgehead atoms. The second-order valence-corrected chi connectivity index (χ2v) is 12.5. The number of carbonyl (C=O) groups excluding carboxylic acids is 1. The van der Waals surface area contributed by atoms with Crippen molar-refractivity contribution >= 4 is 52.2 Å². The molecular formula is C35H30Cl2N4O3S. The van der Waals surface area contributed by atoms with Crippen LogP contribution in [0.2, 0.25) is 10.0 Å². The van der Waals surface area contributed by atoms with E-state index in [9.17, 15) is 9.59 Å². The number of hydrogen-bond acceptors (Lipinski definition) is 5. The number of halogens is 2. The lowest BCUT2D eigenvalue weighted by Crippen LogP contribution is -2.40. The molecule has 0 radical (unpaired) electrons. The third kappa shape index (κ3) is 5.89. The van der Waals surface area contributed by atoms with Crippen LogP contribution in [0.1, 0.15) is 42.4 Å². The second kappa shape index (κ2) is 12.6. The normalized spacial score (nSPS) is 14.7. The molecule has 0 unspecified atom stereocenters. The molecule has 0 spiro atoms. The van der Waals surface area contributed by atoms with E-state index in [4.69, 9.17) is 32.9 Å². The van der Waals surface area contributed by atoms with Gasteiger partial charge in [-0.2, -0.15) is 0 Å². The topological polar surface area (TPSA) is 77.6 Å². The molecule has 228 valence electrons. The lowest BCUT2D eigenvalue weighted by atomic mass is 9.95. The predicted molar refractivity (Wildman–Crippen MR) is 182 cm³/mol. The SMILES string of the molecule is CCOc1ccc([C@@H]2C(C(=O)Nc3ccccc3)=C(C)N=c3s/c(=C\c4cc(C)n(-c5ccc(Cl)c(Cl)c5)c4C)c(=O)n32)cc1. The van der Waals surface area contributed by atoms with Crippen molar-refractivity contribution in [2.75, 3.05) is 11.9 Å². The Morgan fingerprint density at radius 3 is 2.42 bits per heavy atom. The Morgan fingerprint density at radius 1 is 1.00 bits per heavy atom. The number of fused-ring (bicyclic) bond motifs is 1. The summed E-state index contributed by atoms with van der Waals surface area (Å²) < 4.78 is 9.86. The molecule has 0 saturated carbocycles. The molecule has 1 amide bonds. The van der Waals surface area contributed by atoms with E-state index in [1.54, 1.807) is 10.6 Å². The molecule has 3 aromatic carbocycles. The van der Waals surface area contributed by atoms with Gasteiger partial charge in [0.15, 0.2) is 4.80 Å². The van der Waals surface area contributed by atoms with Gasteiger partial charge in [-0.15, -0.1) is 0 Å². The number of anilines is 1. The minimum absolute atomic E-state index is 0.227. The number of ether oxygens (including phenoxy) is 1. The average molecular weight is 658 g/mol. The van der Waals surface area contributed by atoms with Gasteiger partial charge in [-0.1, -0.05) is 64.9 Å². The van der Waals surface area contributed by atoms with Crippen LogP contribution in [0.3, 0.4) is 0 Å². The first-order valence-electron chi connectivity index (χ1n) is 14.4. The van der Waals surface area contributed by atoms with Crippen molar-refractivity contribution in [3.63, 3.8) is 0 Å². The zero-order valence-corrected chi connectivity index (χ0v) is 27.4. The van der Waals surface area contributed by atoms with Gasteiger partial charge in [0, 0.05) is 22.8 Å². The third-order valence-electron chi connectivity index (χ3n) is 7.72. The molecular weight excluding hydrogens is 627 g/mol. The van der Waals surface area contributed by atoms with Crippen LogP contribution < -0.4 is 24.9 Å². The number of para-hydroxylation sites is 1. The molecule has 5 aromatic rings. The molecule has 1 atom stereocenters. The van der Waals surface area contributed by atoms with E-state index in [0.29, 0.717) is 48.7 Å². The quantitative estimate of drug-likeness (QED) is 0.205. The molecule has 7 nitrogen and oxygen atoms in total. The van der Waals surface area contributed by atoms with Crippen LogP contribution in [-0.2, 0) is 4.79 Å². The lowest BCUT2D eigenvalue weighted by Gasteiger charge is -2.25. The van der Waals surface area contributed by atoms with Crippen LogP contribution in [0.4, 0.5) is 5.69 Å². The first kappa shape index (κ1) is 30.6. The summed E-state index contributed by atoms with van der Waals surface area (Å²) in [4.78, 5) is 33.3. The second-order valence-electron chi connectivity index (χ2n) is 10.7. The Morgan fingerprint density at radius 2 is 1.73 bits per heavy atom. The van der Waals surface area contributed by atoms with E-state index < -0.39 is 6.04 Å². The Kier molecular flexibility index (Phi) is 8.55. The summed E-state index contributed by atoms with van der Waals surface area (Å²) in [6.45, 7) is 8.26. The lowest BCUT2D eigenvalue weighted by molar-refractivity contribution is -0.113. The van der Waals surface area contributed by atoms with Crippen molar-refractivity contribution in [2.24, 2.45) is 4.99 Å². The van der Waals surface area contributed by atoms with Gasteiger partial charge in [0.1, 0.15) is 5.75 Å². The predicted octanol–water partition coefficient (Wildman–Crippen LogP) is 6.99. The highest BCUT2D eigenvalue weighted by atomic mass is 35.5. The highest BCUT2D eigenvalue weighted by Crippen LogP contribution is 2.32. The fourth-order valence-corrected chi connectivity index (χ4v) is 6.99. The number of carbonyl (C=O) groups is 1. The van der Waals surface area contributed by atoms with Crippen LogP contribution in [0.15, 0.2) is 99.9 Å². The molecule has 6 rings (SSSR count). The van der Waals surface area contributed by atoms with Gasteiger partial charge < -0.3 is 14.6 Å². The third-order valence-corrected chi connectivity index (χ3v) is 9.45. The largest absolute Gasteiger partial charge is 0.494 e. The van der Waals surface area contributed by atoms with Gasteiger partial charge in [0.05, 0.1) is 38.5 Å². The Balaban J connectivity index is 1.48. The van der Waals surface area contributed by atoms with Gasteiger partial charge >= 0.3 is 0 Å². The zero-order valence-electron chi connectivity index (χ0n) is 25.1. The van der Waals surface area contributed by atoms with Crippen LogP contribution in [0.25, 0.3) is 11.8 Å². The monoisotopic (exact) mass is 656 g/mol. The number of nitrogens with one attached hydrogen (secondary N) is 1. The maximum atomic E-state index is 14.2. The first-order valence-corrected chi connectivity index (χ1v) is 16.0. The van der Waals surface area contributed by atoms with Gasteiger partial charge in [0.25, 0.3) is 11.5 Å². The number of amides is 1. The van der Waals surface area contributed by atoms with Crippen molar-refractivity contribution in [3.8, 4) is 11.4 Å². The molecule has 1 N–H and O–H groups in total. The van der Waals surface area contributed by atoms with Crippen molar-refractivity contribution in [1.82, 2.24) is 9.13 Å². The number of hydrogen-bond donors (Lipinski definition) is 1. The fraction of sp³-hybridized carbons (Fsp3) is 0.171. The molecule has 45 heavy (non-hydrogen) atoms. The van der Waals surface area contributed by atoms with Gasteiger partial charge in [-0.25, -0.2) is 4.99 Å². The van der Waals surface area contributed by atoms with Crippen molar-refractivity contribution in [3.05, 3.63) is 142 Å². The minimum Gasteiger partial charge on any atom is -0.494 e. The molecule has 1 aliphatic heterocycles. The van der Waals surface area contributed by atoms with Crippen LogP contribution in [0.5, 0.6) is 5.75 Å². The summed E-state index contributed by atoms with van der Waals surface area (Å²) in [7, 11) is 0. The standard InChI is InChI=1S/C35H30Cl2N4O3S/c1-5-44-27-14-11-23(12-15-27)32-31(33(42)39-25-9-7-6-8-10-25)21(3)38-35-41(32)34(43)30(45-35)18-24-17-20(2)40(22(24)4)26-13-16-28(36)29(37)19-26/h6-19,32H,5H2,1-4H3,(H,39,42)/b30-18-/t32-/m1/s1. The van der Waals surface area contributed by atoms with E-state index in [1.165, 1.54) is 11.3 Å². The van der Waals surface area contributed by atoms with Gasteiger partial charge in [0.2, 0.25) is 0 Å². The van der Waals surface area contributed by atoms with Crippen molar-refractivity contribution < 1.29 is 9.53 Å². The summed E-state index contributed by atoms with van der Waals surface area (Å²) in [5, 5.41) is 3.94. The van der Waals surface area contributed by atoms with E-state index in [0.717, 1.165) is 28.2 Å². The van der Waals surface area contributed by atoms with Crippen molar-refractivity contribution in [1.29, 1.82) is 0 Å². The summed E-state index contributed by atoms with van der Waals surface area (Å²) in [5.74, 6) is 0.391. The summed E-state index contributed by atoms with van der Waals surface area (Å²) >= 11 is 13.8. The van der Waals surface area contributed by atoms with Crippen LogP contribution in [-0.4, -0.2) is 21.6 Å². The van der Waals surface area contributed by atoms with Gasteiger partial charge in [-0.3, -0.25) is 14.2 Å². The summed E-state index contributed by atoms with van der Waals surface area (Å²) in [5.41, 5.74) is 5.84. The van der Waals surface area contributed by atoms with Crippen molar-refractivity contribution in [2.45, 2.75) is 33.7 Å². The highest BCUT2D eigenvalue weighted by molar-refractivity contribution is 7.07. The maximum Gasteiger partial charge on any atom is 0.271 e. The van der Waals surface area contributed by atoms with Gasteiger partial charge in [-0.05, 0) is 93.4 Å². The van der Waals surface area contributed by atoms with E-state index in [1.807, 2.05) is 107 Å². The first-order chi connectivity index (χ1) is 21.7. The number of nitrogens with zero attached hydrogens (tertiary/aromatic N) is 3. The van der Waals surface area contributed by atoms with E-state index in [2.05, 4.69) is 9.88 Å². The number of aromatic nitrogens is 2. The smallest absolute Gasteiger partial charge is 0.271 e. The maximum absolute atomic E-state index is 14.2. The van der Waals surface area contributed by atoms with Crippen LogP contribution in [0, 0.1) is 13.8 Å². The number of rotatable bonds is 7. The Hall–Kier alpha value is -4.37. The number of thiazole rings is 1. The Labute approximate surface area is 274 Å². The molecule has 0 aliphatic carbocycles. The molecule has 1 aliphatic rings. The molecule has 2 aromatic heterocycles. The molecule has 0 fully saturated rings. The number of benzene rings is 3. The minimum atomic E-state index is -0.688. The number of allylic oxidation sites excluding steroid dienone is 1. The molecule has 10 heteroatoms. The summed E-state index contributed by atoms with van der Waals surface area (Å²) in [6, 6.07) is 23.6. The number of aryl methyl sites for hydroxylation is 1.